The van der Waals surface area contributed by atoms with Crippen molar-refractivity contribution >= 4 is 17.2 Å². The van der Waals surface area contributed by atoms with Gasteiger partial charge in [0, 0.05) is 36.6 Å². The van der Waals surface area contributed by atoms with Gasteiger partial charge in [-0.3, -0.25) is 9.20 Å². The van der Waals surface area contributed by atoms with E-state index in [2.05, 4.69) is 9.88 Å². The van der Waals surface area contributed by atoms with Gasteiger partial charge in [0.2, 0.25) is 5.78 Å². The van der Waals surface area contributed by atoms with Crippen LogP contribution in [-0.2, 0) is 4.74 Å². The minimum absolute atomic E-state index is 0.157. The summed E-state index contributed by atoms with van der Waals surface area (Å²) < 4.78 is 7.37. The van der Waals surface area contributed by atoms with Gasteiger partial charge in [0.05, 0.1) is 18.9 Å². The summed E-state index contributed by atoms with van der Waals surface area (Å²) in [5, 5.41) is 9.72. The number of fused-ring (bicyclic) bond motifs is 1. The number of morpholine rings is 1. The van der Waals surface area contributed by atoms with Crippen LogP contribution in [0.2, 0.25) is 0 Å². The first-order valence-electron chi connectivity index (χ1n) is 9.81. The summed E-state index contributed by atoms with van der Waals surface area (Å²) in [6, 6.07) is 15.9. The molecule has 0 bridgehead atoms. The highest BCUT2D eigenvalue weighted by Crippen LogP contribution is 2.31. The number of hydrogen-bond acceptors (Lipinski definition) is 6. The fraction of sp³-hybridized carbons (Fsp3) is 0.174. The summed E-state index contributed by atoms with van der Waals surface area (Å²) in [7, 11) is 0. The SMILES string of the molecule is O=C(c1ccccc1)c1nc2c(N3CCOCC3)nccn2c1-c1ccc(O)cc1. The molecule has 1 aliphatic heterocycles. The van der Waals surface area contributed by atoms with Gasteiger partial charge in [-0.15, -0.1) is 0 Å². The van der Waals surface area contributed by atoms with Gasteiger partial charge in [-0.25, -0.2) is 9.97 Å². The van der Waals surface area contributed by atoms with Crippen molar-refractivity contribution in [3.05, 3.63) is 78.2 Å². The van der Waals surface area contributed by atoms with E-state index in [1.165, 1.54) is 0 Å². The number of ether oxygens (including phenoxy) is 1. The number of imidazole rings is 1. The molecule has 5 rings (SSSR count). The van der Waals surface area contributed by atoms with E-state index in [-0.39, 0.29) is 11.5 Å². The summed E-state index contributed by atoms with van der Waals surface area (Å²) in [6.45, 7) is 2.69. The fourth-order valence-corrected chi connectivity index (χ4v) is 3.74. The maximum Gasteiger partial charge on any atom is 0.213 e. The van der Waals surface area contributed by atoms with Crippen molar-refractivity contribution in [2.45, 2.75) is 0 Å². The Kier molecular flexibility index (Phi) is 4.65. The lowest BCUT2D eigenvalue weighted by Crippen LogP contribution is -2.37. The molecular weight excluding hydrogens is 380 g/mol. The molecule has 0 unspecified atom stereocenters. The number of carbonyl (C=O) groups is 1. The number of nitrogens with zero attached hydrogens (tertiary/aromatic N) is 4. The average molecular weight is 400 g/mol. The zero-order valence-electron chi connectivity index (χ0n) is 16.2. The van der Waals surface area contributed by atoms with Crippen LogP contribution in [0.1, 0.15) is 16.1 Å². The lowest BCUT2D eigenvalue weighted by molar-refractivity contribution is 0.103. The zero-order chi connectivity index (χ0) is 20.5. The van der Waals surface area contributed by atoms with Crippen molar-refractivity contribution in [2.75, 3.05) is 31.2 Å². The first-order valence-corrected chi connectivity index (χ1v) is 9.81. The van der Waals surface area contributed by atoms with Crippen LogP contribution in [0.15, 0.2) is 67.0 Å². The van der Waals surface area contributed by atoms with Gasteiger partial charge < -0.3 is 14.7 Å². The third-order valence-corrected chi connectivity index (χ3v) is 5.23. The molecule has 4 aromatic rings. The van der Waals surface area contributed by atoms with Crippen LogP contribution < -0.4 is 4.90 Å². The van der Waals surface area contributed by atoms with Crippen LogP contribution >= 0.6 is 0 Å². The maximum absolute atomic E-state index is 13.4. The molecule has 0 amide bonds. The molecule has 150 valence electrons. The van der Waals surface area contributed by atoms with Crippen molar-refractivity contribution in [1.82, 2.24) is 14.4 Å². The van der Waals surface area contributed by atoms with Gasteiger partial charge in [-0.2, -0.15) is 0 Å². The summed E-state index contributed by atoms with van der Waals surface area (Å²) in [5.74, 6) is 0.738. The van der Waals surface area contributed by atoms with E-state index in [1.54, 1.807) is 42.6 Å². The van der Waals surface area contributed by atoms with E-state index >= 15 is 0 Å². The first kappa shape index (κ1) is 18.3. The number of rotatable bonds is 4. The van der Waals surface area contributed by atoms with Gasteiger partial charge in [0.25, 0.3) is 0 Å². The highest BCUT2D eigenvalue weighted by molar-refractivity contribution is 6.12. The Morgan fingerprint density at radius 1 is 1.00 bits per heavy atom. The van der Waals surface area contributed by atoms with E-state index in [1.807, 2.05) is 28.8 Å². The normalized spacial score (nSPS) is 14.2. The number of phenolic OH excluding ortho intramolecular Hbond substituents is 1. The second-order valence-electron chi connectivity index (χ2n) is 7.09. The van der Waals surface area contributed by atoms with Gasteiger partial charge >= 0.3 is 0 Å². The van der Waals surface area contributed by atoms with Gasteiger partial charge in [0.1, 0.15) is 11.4 Å². The van der Waals surface area contributed by atoms with E-state index in [9.17, 15) is 9.90 Å². The molecule has 7 heteroatoms. The Morgan fingerprint density at radius 2 is 1.73 bits per heavy atom. The van der Waals surface area contributed by atoms with Crippen molar-refractivity contribution in [3.8, 4) is 17.0 Å². The van der Waals surface area contributed by atoms with E-state index in [0.717, 1.165) is 24.5 Å². The van der Waals surface area contributed by atoms with E-state index in [4.69, 9.17) is 9.72 Å². The molecular formula is C23H20N4O3. The molecule has 0 aliphatic carbocycles. The summed E-state index contributed by atoms with van der Waals surface area (Å²) in [5.41, 5.74) is 3.02. The molecule has 1 aliphatic rings. The molecule has 30 heavy (non-hydrogen) atoms. The molecule has 0 spiro atoms. The number of aromatic hydroxyl groups is 1. The molecule has 1 fully saturated rings. The third kappa shape index (κ3) is 3.19. The topological polar surface area (TPSA) is 80.0 Å². The monoisotopic (exact) mass is 400 g/mol. The maximum atomic E-state index is 13.4. The second kappa shape index (κ2) is 7.61. The quantitative estimate of drug-likeness (QED) is 0.530. The minimum atomic E-state index is -0.157. The lowest BCUT2D eigenvalue weighted by Gasteiger charge is -2.27. The highest BCUT2D eigenvalue weighted by Gasteiger charge is 2.25. The Bertz CT molecular complexity index is 1200. The molecule has 0 radical (unpaired) electrons. The van der Waals surface area contributed by atoms with Gasteiger partial charge in [-0.05, 0) is 24.3 Å². The van der Waals surface area contributed by atoms with Crippen LogP contribution in [-0.4, -0.2) is 51.6 Å². The number of carbonyl (C=O) groups excluding carboxylic acids is 1. The molecule has 7 nitrogen and oxygen atoms in total. The fourth-order valence-electron chi connectivity index (χ4n) is 3.74. The van der Waals surface area contributed by atoms with E-state index < -0.39 is 0 Å². The minimum Gasteiger partial charge on any atom is -0.508 e. The number of ketones is 1. The number of hydrogen-bond donors (Lipinski definition) is 1. The highest BCUT2D eigenvalue weighted by atomic mass is 16.5. The summed E-state index contributed by atoms with van der Waals surface area (Å²) >= 11 is 0. The van der Waals surface area contributed by atoms with Gasteiger partial charge in [0.15, 0.2) is 11.5 Å². The Labute approximate surface area is 173 Å². The van der Waals surface area contributed by atoms with Crippen molar-refractivity contribution in [2.24, 2.45) is 0 Å². The molecule has 3 heterocycles. The second-order valence-corrected chi connectivity index (χ2v) is 7.09. The van der Waals surface area contributed by atoms with Crippen LogP contribution in [0.4, 0.5) is 5.82 Å². The van der Waals surface area contributed by atoms with Crippen molar-refractivity contribution in [3.63, 3.8) is 0 Å². The van der Waals surface area contributed by atoms with Crippen LogP contribution in [0.3, 0.4) is 0 Å². The van der Waals surface area contributed by atoms with Gasteiger partial charge in [-0.1, -0.05) is 30.3 Å². The number of aromatic nitrogens is 3. The molecule has 1 saturated heterocycles. The summed E-state index contributed by atoms with van der Waals surface area (Å²) in [6.07, 6.45) is 3.54. The molecule has 0 saturated carbocycles. The predicted octanol–water partition coefficient (Wildman–Crippen LogP) is 3.17. The Hall–Kier alpha value is -3.71. The largest absolute Gasteiger partial charge is 0.508 e. The first-order chi connectivity index (χ1) is 14.7. The molecule has 2 aromatic carbocycles. The number of phenols is 1. The smallest absolute Gasteiger partial charge is 0.213 e. The number of benzene rings is 2. The Morgan fingerprint density at radius 3 is 2.47 bits per heavy atom. The molecule has 0 atom stereocenters. The van der Waals surface area contributed by atoms with E-state index in [0.29, 0.717) is 35.8 Å². The lowest BCUT2D eigenvalue weighted by atomic mass is 10.0. The van der Waals surface area contributed by atoms with Crippen LogP contribution in [0.5, 0.6) is 5.75 Å². The van der Waals surface area contributed by atoms with Crippen LogP contribution in [0.25, 0.3) is 16.9 Å². The molecule has 1 N–H and O–H groups in total. The molecule has 2 aromatic heterocycles. The zero-order valence-corrected chi connectivity index (χ0v) is 16.2. The third-order valence-electron chi connectivity index (χ3n) is 5.23. The van der Waals surface area contributed by atoms with Crippen molar-refractivity contribution < 1.29 is 14.6 Å². The standard InChI is InChI=1S/C23H20N4O3/c28-18-8-6-16(7-9-18)20-19(21(29)17-4-2-1-3-5-17)25-23-22(24-10-11-27(20)23)26-12-14-30-15-13-26/h1-11,28H,12-15H2. The van der Waals surface area contributed by atoms with Crippen LogP contribution in [0, 0.1) is 0 Å². The predicted molar refractivity (Wildman–Crippen MR) is 113 cm³/mol. The summed E-state index contributed by atoms with van der Waals surface area (Å²) in [4.78, 5) is 24.8. The number of anilines is 1. The van der Waals surface area contributed by atoms with Crippen molar-refractivity contribution in [1.29, 1.82) is 0 Å². The Balaban J connectivity index is 1.74. The average Bonchev–Trinajstić information content (AvgIpc) is 3.20.